The van der Waals surface area contributed by atoms with Crippen molar-refractivity contribution in [3.8, 4) is 17.0 Å². The molecule has 3 atom stereocenters. The molecule has 0 N–H and O–H groups in total. The average Bonchev–Trinajstić information content (AvgIpc) is 3.11. The van der Waals surface area contributed by atoms with E-state index in [2.05, 4.69) is 9.97 Å². The molecule has 1 aromatic carbocycles. The highest BCUT2D eigenvalue weighted by Gasteiger charge is 2.44. The average molecular weight is 412 g/mol. The van der Waals surface area contributed by atoms with Crippen molar-refractivity contribution in [2.24, 2.45) is 0 Å². The van der Waals surface area contributed by atoms with Crippen LogP contribution >= 0.6 is 11.8 Å². The van der Waals surface area contributed by atoms with Crippen molar-refractivity contribution in [3.05, 3.63) is 36.0 Å². The van der Waals surface area contributed by atoms with E-state index in [0.29, 0.717) is 11.3 Å². The summed E-state index contributed by atoms with van der Waals surface area (Å²) in [5.41, 5.74) is -0.411. The zero-order valence-corrected chi connectivity index (χ0v) is 15.4. The van der Waals surface area contributed by atoms with Crippen molar-refractivity contribution in [3.63, 3.8) is 0 Å². The van der Waals surface area contributed by atoms with E-state index in [4.69, 9.17) is 14.2 Å². The molecular weight excluding hydrogens is 397 g/mol. The summed E-state index contributed by atoms with van der Waals surface area (Å²) in [5.74, 6) is 0.353. The van der Waals surface area contributed by atoms with Crippen LogP contribution < -0.4 is 4.74 Å². The lowest BCUT2D eigenvalue weighted by atomic mass is 10.1. The van der Waals surface area contributed by atoms with Crippen molar-refractivity contribution in [1.82, 2.24) is 9.97 Å². The number of Topliss-reactive ketones (excluding diaryl/α,β-unsaturated/α-hetero) is 1. The van der Waals surface area contributed by atoms with Crippen LogP contribution in [-0.2, 0) is 20.4 Å². The number of carbonyl (C=O) groups excluding carboxylic acids is 1. The second-order valence-electron chi connectivity index (χ2n) is 6.31. The number of methoxy groups -OCH3 is 1. The third-order valence-electron chi connectivity index (χ3n) is 4.43. The molecule has 2 saturated heterocycles. The Morgan fingerprint density at radius 3 is 2.64 bits per heavy atom. The number of aromatic nitrogens is 2. The van der Waals surface area contributed by atoms with Gasteiger partial charge in [0.15, 0.2) is 10.9 Å². The number of ketones is 1. The normalized spacial score (nSPS) is 24.4. The minimum absolute atomic E-state index is 0.0626. The van der Waals surface area contributed by atoms with Gasteiger partial charge in [0, 0.05) is 17.2 Å². The van der Waals surface area contributed by atoms with Crippen molar-refractivity contribution < 1.29 is 32.2 Å². The van der Waals surface area contributed by atoms with E-state index >= 15 is 0 Å². The monoisotopic (exact) mass is 412 g/mol. The maximum atomic E-state index is 13.4. The topological polar surface area (TPSA) is 70.5 Å². The summed E-state index contributed by atoms with van der Waals surface area (Å²) in [6.45, 7) is 0.221. The van der Waals surface area contributed by atoms with E-state index < -0.39 is 23.4 Å². The van der Waals surface area contributed by atoms with Crippen LogP contribution in [0.5, 0.6) is 5.75 Å². The van der Waals surface area contributed by atoms with Gasteiger partial charge in [-0.3, -0.25) is 4.79 Å². The summed E-state index contributed by atoms with van der Waals surface area (Å²) in [4.78, 5) is 19.9. The van der Waals surface area contributed by atoms with Crippen molar-refractivity contribution in [2.75, 3.05) is 13.7 Å². The Balaban J connectivity index is 1.67. The number of ether oxygens (including phenoxy) is 3. The van der Waals surface area contributed by atoms with E-state index in [-0.39, 0.29) is 35.8 Å². The molecule has 0 amide bonds. The van der Waals surface area contributed by atoms with Gasteiger partial charge in [0.1, 0.15) is 11.4 Å². The third-order valence-corrected chi connectivity index (χ3v) is 5.60. The first kappa shape index (κ1) is 19.2. The molecule has 6 nitrogen and oxygen atoms in total. The number of benzene rings is 1. The summed E-state index contributed by atoms with van der Waals surface area (Å²) in [6, 6.07) is 7.43. The molecule has 2 fully saturated rings. The van der Waals surface area contributed by atoms with Crippen LogP contribution in [0.2, 0.25) is 0 Å². The van der Waals surface area contributed by atoms with Crippen molar-refractivity contribution in [1.29, 1.82) is 0 Å². The molecule has 1 aromatic heterocycles. The van der Waals surface area contributed by atoms with Gasteiger partial charge < -0.3 is 14.2 Å². The second kappa shape index (κ2) is 7.34. The smallest absolute Gasteiger partial charge is 0.433 e. The molecule has 0 saturated carbocycles. The molecule has 0 radical (unpaired) electrons. The zero-order chi connectivity index (χ0) is 19.9. The molecule has 0 aliphatic carbocycles. The van der Waals surface area contributed by atoms with Gasteiger partial charge in [-0.05, 0) is 30.3 Å². The number of fused-ring (bicyclic) bond motifs is 2. The quantitative estimate of drug-likeness (QED) is 0.714. The van der Waals surface area contributed by atoms with Crippen molar-refractivity contribution in [2.45, 2.75) is 35.4 Å². The Labute approximate surface area is 162 Å². The van der Waals surface area contributed by atoms with Crippen LogP contribution in [0.15, 0.2) is 35.5 Å². The van der Waals surface area contributed by atoms with E-state index in [0.717, 1.165) is 17.8 Å². The van der Waals surface area contributed by atoms with Crippen LogP contribution in [0.3, 0.4) is 0 Å². The van der Waals surface area contributed by atoms with Gasteiger partial charge in [0.05, 0.1) is 25.5 Å². The SMILES string of the molecule is COc1ccc(-c2cc(C(F)(F)F)nc(S[C@H]3CC(=O)[C@@H]4OC[C@@H]3O4)n2)cc1. The maximum Gasteiger partial charge on any atom is 0.433 e. The summed E-state index contributed by atoms with van der Waals surface area (Å²) in [7, 11) is 1.50. The highest BCUT2D eigenvalue weighted by Crippen LogP contribution is 2.38. The number of rotatable bonds is 4. The largest absolute Gasteiger partial charge is 0.497 e. The molecule has 2 bridgehead atoms. The van der Waals surface area contributed by atoms with Crippen LogP contribution in [0, 0.1) is 0 Å². The van der Waals surface area contributed by atoms with Crippen LogP contribution in [0.4, 0.5) is 13.2 Å². The Kier molecular flexibility index (Phi) is 5.02. The van der Waals surface area contributed by atoms with Gasteiger partial charge in [0.25, 0.3) is 0 Å². The van der Waals surface area contributed by atoms with Gasteiger partial charge in [-0.1, -0.05) is 11.8 Å². The van der Waals surface area contributed by atoms with Gasteiger partial charge in [-0.15, -0.1) is 0 Å². The fourth-order valence-electron chi connectivity index (χ4n) is 2.99. The van der Waals surface area contributed by atoms with E-state index in [9.17, 15) is 18.0 Å². The van der Waals surface area contributed by atoms with E-state index in [1.54, 1.807) is 24.3 Å². The molecular formula is C18H15F3N2O4S. The molecule has 2 aliphatic rings. The maximum absolute atomic E-state index is 13.4. The number of hydrogen-bond acceptors (Lipinski definition) is 7. The minimum Gasteiger partial charge on any atom is -0.497 e. The number of thioether (sulfide) groups is 1. The summed E-state index contributed by atoms with van der Waals surface area (Å²) in [6.07, 6.45) is -5.73. The fraction of sp³-hybridized carbons (Fsp3) is 0.389. The summed E-state index contributed by atoms with van der Waals surface area (Å²) >= 11 is 1.00. The molecule has 10 heteroatoms. The highest BCUT2D eigenvalue weighted by atomic mass is 32.2. The van der Waals surface area contributed by atoms with Gasteiger partial charge in [0.2, 0.25) is 6.29 Å². The van der Waals surface area contributed by atoms with Crippen LogP contribution in [-0.4, -0.2) is 47.1 Å². The molecule has 4 rings (SSSR count). The Morgan fingerprint density at radius 2 is 1.96 bits per heavy atom. The molecule has 148 valence electrons. The fourth-order valence-corrected chi connectivity index (χ4v) is 4.11. The molecule has 2 aliphatic heterocycles. The van der Waals surface area contributed by atoms with Gasteiger partial charge in [-0.2, -0.15) is 13.2 Å². The number of nitrogens with zero attached hydrogens (tertiary/aromatic N) is 2. The van der Waals surface area contributed by atoms with Crippen molar-refractivity contribution >= 4 is 17.5 Å². The number of alkyl halides is 3. The Morgan fingerprint density at radius 1 is 1.21 bits per heavy atom. The zero-order valence-electron chi connectivity index (χ0n) is 14.6. The predicted octanol–water partition coefficient (Wildman–Crippen LogP) is 3.35. The lowest BCUT2D eigenvalue weighted by molar-refractivity contribution is -0.151. The Hall–Kier alpha value is -2.17. The number of halogens is 3. The predicted molar refractivity (Wildman–Crippen MR) is 92.9 cm³/mol. The molecule has 0 unspecified atom stereocenters. The van der Waals surface area contributed by atoms with Gasteiger partial charge in [-0.25, -0.2) is 9.97 Å². The van der Waals surface area contributed by atoms with Crippen LogP contribution in [0.1, 0.15) is 12.1 Å². The number of carbonyl (C=O) groups is 1. The first-order valence-corrected chi connectivity index (χ1v) is 9.28. The molecule has 28 heavy (non-hydrogen) atoms. The first-order chi connectivity index (χ1) is 13.3. The third kappa shape index (κ3) is 3.85. The molecule has 3 heterocycles. The summed E-state index contributed by atoms with van der Waals surface area (Å²) < 4.78 is 55.8. The van der Waals surface area contributed by atoms with E-state index in [1.165, 1.54) is 7.11 Å². The molecule has 0 spiro atoms. The summed E-state index contributed by atoms with van der Waals surface area (Å²) in [5, 5.41) is -0.467. The lowest BCUT2D eigenvalue weighted by Gasteiger charge is -2.25. The minimum atomic E-state index is -4.63. The second-order valence-corrected chi connectivity index (χ2v) is 7.52. The Bertz CT molecular complexity index is 891. The first-order valence-electron chi connectivity index (χ1n) is 8.40. The van der Waals surface area contributed by atoms with E-state index in [1.807, 2.05) is 0 Å². The highest BCUT2D eigenvalue weighted by molar-refractivity contribution is 7.99. The molecule has 2 aromatic rings. The lowest BCUT2D eigenvalue weighted by Crippen LogP contribution is -2.37. The van der Waals surface area contributed by atoms with Gasteiger partial charge >= 0.3 is 6.18 Å². The number of hydrogen-bond donors (Lipinski definition) is 0. The van der Waals surface area contributed by atoms with Crippen LogP contribution in [0.25, 0.3) is 11.3 Å². The standard InChI is InChI=1S/C18H15F3N2O4S/c1-25-10-4-2-9(3-5-10)11-6-15(18(19,20)21)23-17(22-11)28-14-7-12(24)16-26-8-13(14)27-16/h2-6,13-14,16H,7-8H2,1H3/t13-,14-,16+/m0/s1.